The summed E-state index contributed by atoms with van der Waals surface area (Å²) in [5.74, 6) is -0.151. The summed E-state index contributed by atoms with van der Waals surface area (Å²) in [6.45, 7) is 1.35. The molecule has 3 aromatic carbocycles. The highest BCUT2D eigenvalue weighted by molar-refractivity contribution is 5.17. The Morgan fingerprint density at radius 2 is 1.23 bits per heavy atom. The molecule has 0 spiro atoms. The normalized spacial score (nSPS) is 23.5. The topological polar surface area (TPSA) is 47.9 Å². The SMILES string of the molecule is O[C@@H]1O[C@@H](COCc2ccccc2)[C@H](OCc2ccccc2)C1Cc1ccccc1. The van der Waals surface area contributed by atoms with Crippen LogP contribution in [0.25, 0.3) is 0 Å². The molecule has 0 saturated carbocycles. The summed E-state index contributed by atoms with van der Waals surface area (Å²) in [4.78, 5) is 0. The molecule has 0 aliphatic carbocycles. The Hall–Kier alpha value is -2.50. The van der Waals surface area contributed by atoms with Crippen molar-refractivity contribution in [3.8, 4) is 0 Å². The van der Waals surface area contributed by atoms with Crippen LogP contribution in [-0.4, -0.2) is 30.2 Å². The molecule has 1 saturated heterocycles. The van der Waals surface area contributed by atoms with E-state index in [2.05, 4.69) is 12.1 Å². The fraction of sp³-hybridized carbons (Fsp3) is 0.308. The Kier molecular flexibility index (Phi) is 7.27. The fourth-order valence-corrected chi connectivity index (χ4v) is 3.90. The highest BCUT2D eigenvalue weighted by Gasteiger charge is 2.44. The molecule has 1 fully saturated rings. The Morgan fingerprint density at radius 1 is 0.700 bits per heavy atom. The van der Waals surface area contributed by atoms with Crippen molar-refractivity contribution >= 4 is 0 Å². The van der Waals surface area contributed by atoms with E-state index in [1.807, 2.05) is 78.9 Å². The molecule has 0 radical (unpaired) electrons. The maximum absolute atomic E-state index is 10.6. The summed E-state index contributed by atoms with van der Waals surface area (Å²) < 4.78 is 18.1. The van der Waals surface area contributed by atoms with Gasteiger partial charge in [0.05, 0.1) is 25.9 Å². The number of aliphatic hydroxyl groups is 1. The predicted octanol–water partition coefficient (Wildman–Crippen LogP) is 4.36. The third-order valence-electron chi connectivity index (χ3n) is 5.46. The van der Waals surface area contributed by atoms with E-state index in [0.717, 1.165) is 16.7 Å². The smallest absolute Gasteiger partial charge is 0.160 e. The first-order valence-electron chi connectivity index (χ1n) is 10.4. The molecule has 30 heavy (non-hydrogen) atoms. The van der Waals surface area contributed by atoms with Gasteiger partial charge in [0.25, 0.3) is 0 Å². The van der Waals surface area contributed by atoms with E-state index in [4.69, 9.17) is 14.2 Å². The minimum atomic E-state index is -0.878. The standard InChI is InChI=1S/C26H28O4/c27-26-23(16-20-10-4-1-5-11-20)25(29-18-22-14-8-3-9-15-22)24(30-26)19-28-17-21-12-6-2-7-13-21/h1-15,23-27H,16-19H2/t23?,24-,25+,26+/m0/s1. The minimum absolute atomic E-state index is 0.151. The van der Waals surface area contributed by atoms with Crippen molar-refractivity contribution < 1.29 is 19.3 Å². The largest absolute Gasteiger partial charge is 0.374 e. The van der Waals surface area contributed by atoms with Gasteiger partial charge in [-0.1, -0.05) is 91.0 Å². The molecule has 4 nitrogen and oxygen atoms in total. The molecule has 0 amide bonds. The first-order chi connectivity index (χ1) is 14.8. The van der Waals surface area contributed by atoms with E-state index in [1.165, 1.54) is 0 Å². The third kappa shape index (κ3) is 5.55. The lowest BCUT2D eigenvalue weighted by Gasteiger charge is -2.24. The summed E-state index contributed by atoms with van der Waals surface area (Å²) in [5.41, 5.74) is 3.37. The van der Waals surface area contributed by atoms with Crippen molar-refractivity contribution in [1.82, 2.24) is 0 Å². The number of aliphatic hydroxyl groups excluding tert-OH is 1. The van der Waals surface area contributed by atoms with Crippen molar-refractivity contribution in [2.75, 3.05) is 6.61 Å². The van der Waals surface area contributed by atoms with E-state index in [-0.39, 0.29) is 18.1 Å². The van der Waals surface area contributed by atoms with E-state index >= 15 is 0 Å². The number of hydrogen-bond acceptors (Lipinski definition) is 4. The molecular formula is C26H28O4. The Bertz CT molecular complexity index is 869. The second-order valence-corrected chi connectivity index (χ2v) is 7.68. The quantitative estimate of drug-likeness (QED) is 0.576. The molecular weight excluding hydrogens is 376 g/mol. The van der Waals surface area contributed by atoms with Gasteiger partial charge in [0.1, 0.15) is 6.10 Å². The van der Waals surface area contributed by atoms with Crippen molar-refractivity contribution in [3.63, 3.8) is 0 Å². The molecule has 0 aromatic heterocycles. The maximum Gasteiger partial charge on any atom is 0.160 e. The second-order valence-electron chi connectivity index (χ2n) is 7.68. The number of hydrogen-bond donors (Lipinski definition) is 1. The van der Waals surface area contributed by atoms with Crippen LogP contribution in [0.2, 0.25) is 0 Å². The Balaban J connectivity index is 1.42. The van der Waals surface area contributed by atoms with Gasteiger partial charge in [0.2, 0.25) is 0 Å². The van der Waals surface area contributed by atoms with Gasteiger partial charge in [-0.25, -0.2) is 0 Å². The van der Waals surface area contributed by atoms with Gasteiger partial charge in [-0.15, -0.1) is 0 Å². The van der Waals surface area contributed by atoms with E-state index in [0.29, 0.717) is 26.2 Å². The molecule has 1 heterocycles. The summed E-state index contributed by atoms with van der Waals surface area (Å²) in [7, 11) is 0. The van der Waals surface area contributed by atoms with E-state index < -0.39 is 6.29 Å². The van der Waals surface area contributed by atoms with Crippen LogP contribution in [0, 0.1) is 5.92 Å². The van der Waals surface area contributed by atoms with Gasteiger partial charge in [-0.3, -0.25) is 0 Å². The zero-order valence-corrected chi connectivity index (χ0v) is 17.0. The molecule has 4 heteroatoms. The monoisotopic (exact) mass is 404 g/mol. The van der Waals surface area contributed by atoms with Crippen molar-refractivity contribution in [2.45, 2.75) is 38.1 Å². The van der Waals surface area contributed by atoms with Crippen LogP contribution in [-0.2, 0) is 33.8 Å². The first kappa shape index (κ1) is 20.8. The van der Waals surface area contributed by atoms with Gasteiger partial charge < -0.3 is 19.3 Å². The van der Waals surface area contributed by atoms with Crippen LogP contribution in [0.4, 0.5) is 0 Å². The van der Waals surface area contributed by atoms with Crippen LogP contribution >= 0.6 is 0 Å². The molecule has 4 atom stereocenters. The molecule has 156 valence electrons. The minimum Gasteiger partial charge on any atom is -0.374 e. The number of rotatable bonds is 9. The fourth-order valence-electron chi connectivity index (χ4n) is 3.90. The van der Waals surface area contributed by atoms with Crippen LogP contribution in [0.1, 0.15) is 16.7 Å². The number of benzene rings is 3. The van der Waals surface area contributed by atoms with Gasteiger partial charge >= 0.3 is 0 Å². The van der Waals surface area contributed by atoms with Crippen LogP contribution in [0.3, 0.4) is 0 Å². The zero-order valence-electron chi connectivity index (χ0n) is 17.0. The Labute approximate surface area is 178 Å². The van der Waals surface area contributed by atoms with Gasteiger partial charge in [0.15, 0.2) is 6.29 Å². The van der Waals surface area contributed by atoms with Crippen molar-refractivity contribution in [1.29, 1.82) is 0 Å². The predicted molar refractivity (Wildman–Crippen MR) is 116 cm³/mol. The summed E-state index contributed by atoms with van der Waals surface area (Å²) >= 11 is 0. The summed E-state index contributed by atoms with van der Waals surface area (Å²) in [5, 5.41) is 10.6. The average molecular weight is 405 g/mol. The molecule has 1 aliphatic heterocycles. The molecule has 1 N–H and O–H groups in total. The molecule has 4 rings (SSSR count). The van der Waals surface area contributed by atoms with Crippen LogP contribution in [0.15, 0.2) is 91.0 Å². The lowest BCUT2D eigenvalue weighted by Crippen LogP contribution is -2.34. The van der Waals surface area contributed by atoms with E-state index in [9.17, 15) is 5.11 Å². The number of ether oxygens (including phenoxy) is 3. The first-order valence-corrected chi connectivity index (χ1v) is 10.4. The second kappa shape index (κ2) is 10.5. The summed E-state index contributed by atoms with van der Waals surface area (Å²) in [6, 6.07) is 30.3. The molecule has 3 aromatic rings. The highest BCUT2D eigenvalue weighted by Crippen LogP contribution is 2.32. The Morgan fingerprint density at radius 3 is 1.83 bits per heavy atom. The summed E-state index contributed by atoms with van der Waals surface area (Å²) in [6.07, 6.45) is -0.759. The lowest BCUT2D eigenvalue weighted by molar-refractivity contribution is -0.127. The van der Waals surface area contributed by atoms with Crippen LogP contribution < -0.4 is 0 Å². The third-order valence-corrected chi connectivity index (χ3v) is 5.46. The maximum atomic E-state index is 10.6. The highest BCUT2D eigenvalue weighted by atomic mass is 16.6. The van der Waals surface area contributed by atoms with Gasteiger partial charge in [-0.05, 0) is 23.1 Å². The van der Waals surface area contributed by atoms with Gasteiger partial charge in [0, 0.05) is 5.92 Å². The van der Waals surface area contributed by atoms with Crippen molar-refractivity contribution in [2.24, 2.45) is 5.92 Å². The average Bonchev–Trinajstić information content (AvgIpc) is 3.08. The van der Waals surface area contributed by atoms with Crippen LogP contribution in [0.5, 0.6) is 0 Å². The zero-order chi connectivity index (χ0) is 20.6. The molecule has 1 aliphatic rings. The lowest BCUT2D eigenvalue weighted by atomic mass is 9.93. The molecule has 0 bridgehead atoms. The molecule has 1 unspecified atom stereocenters. The van der Waals surface area contributed by atoms with Crippen molar-refractivity contribution in [3.05, 3.63) is 108 Å². The van der Waals surface area contributed by atoms with E-state index in [1.54, 1.807) is 0 Å². The van der Waals surface area contributed by atoms with Gasteiger partial charge in [-0.2, -0.15) is 0 Å².